The van der Waals surface area contributed by atoms with Gasteiger partial charge in [-0.1, -0.05) is 30.9 Å². The first-order chi connectivity index (χ1) is 7.14. The van der Waals surface area contributed by atoms with Crippen LogP contribution in [-0.2, 0) is 9.47 Å². The lowest BCUT2D eigenvalue weighted by molar-refractivity contribution is -0.0355. The summed E-state index contributed by atoms with van der Waals surface area (Å²) in [6, 6.07) is 0. The van der Waals surface area contributed by atoms with Crippen LogP contribution in [0.25, 0.3) is 0 Å². The second-order valence-electron chi connectivity index (χ2n) is 4.37. The van der Waals surface area contributed by atoms with Gasteiger partial charge in [0.1, 0.15) is 5.60 Å². The van der Waals surface area contributed by atoms with Gasteiger partial charge in [0.25, 0.3) is 0 Å². The molecule has 0 bridgehead atoms. The van der Waals surface area contributed by atoms with Crippen LogP contribution in [0.4, 0.5) is 0 Å². The van der Waals surface area contributed by atoms with E-state index < -0.39 is 0 Å². The summed E-state index contributed by atoms with van der Waals surface area (Å²) in [6.45, 7) is 8.87. The molecular weight excluding hydrogens is 188 g/mol. The number of hydrogen-bond acceptors (Lipinski definition) is 2. The van der Waals surface area contributed by atoms with Gasteiger partial charge in [-0.2, -0.15) is 0 Å². The molecule has 0 saturated heterocycles. The van der Waals surface area contributed by atoms with Gasteiger partial charge in [0, 0.05) is 5.92 Å². The molecule has 0 aliphatic heterocycles. The van der Waals surface area contributed by atoms with Gasteiger partial charge in [-0.25, -0.2) is 0 Å². The molecule has 1 aliphatic carbocycles. The maximum atomic E-state index is 5.63. The van der Waals surface area contributed by atoms with Crippen LogP contribution in [0, 0.1) is 5.92 Å². The van der Waals surface area contributed by atoms with Crippen molar-refractivity contribution in [2.75, 3.05) is 13.2 Å². The van der Waals surface area contributed by atoms with Crippen molar-refractivity contribution < 1.29 is 9.47 Å². The van der Waals surface area contributed by atoms with Gasteiger partial charge in [0.15, 0.2) is 0 Å². The number of ether oxygens (including phenoxy) is 2. The Morgan fingerprint density at radius 1 is 1.47 bits per heavy atom. The van der Waals surface area contributed by atoms with Crippen LogP contribution >= 0.6 is 0 Å². The average molecular weight is 208 g/mol. The first kappa shape index (κ1) is 12.1. The molecule has 1 unspecified atom stereocenters. The standard InChI is InChI=1S/C13H20O2/c1-4-15-13(2,3)11-14-10-12-8-6-5-7-9-12/h4-8,12H,1,9-11H2,2-3H3. The molecule has 2 heteroatoms. The Labute approximate surface area is 92.3 Å². The molecule has 0 aromatic heterocycles. The first-order valence-corrected chi connectivity index (χ1v) is 5.34. The molecule has 0 heterocycles. The van der Waals surface area contributed by atoms with Gasteiger partial charge < -0.3 is 9.47 Å². The highest BCUT2D eigenvalue weighted by molar-refractivity contribution is 5.10. The summed E-state index contributed by atoms with van der Waals surface area (Å²) in [6.07, 6.45) is 11.0. The molecule has 1 rings (SSSR count). The van der Waals surface area contributed by atoms with Crippen LogP contribution in [0.5, 0.6) is 0 Å². The zero-order valence-electron chi connectivity index (χ0n) is 9.61. The van der Waals surface area contributed by atoms with Gasteiger partial charge in [-0.3, -0.25) is 0 Å². The zero-order chi connectivity index (χ0) is 11.1. The van der Waals surface area contributed by atoms with E-state index in [0.29, 0.717) is 12.5 Å². The highest BCUT2D eigenvalue weighted by Gasteiger charge is 2.18. The second kappa shape index (κ2) is 5.76. The zero-order valence-corrected chi connectivity index (χ0v) is 9.61. The summed E-state index contributed by atoms with van der Waals surface area (Å²) in [4.78, 5) is 0. The topological polar surface area (TPSA) is 18.5 Å². The van der Waals surface area contributed by atoms with Crippen LogP contribution in [-0.4, -0.2) is 18.8 Å². The minimum absolute atomic E-state index is 0.282. The van der Waals surface area contributed by atoms with E-state index in [-0.39, 0.29) is 5.60 Å². The molecule has 0 amide bonds. The fourth-order valence-corrected chi connectivity index (χ4v) is 1.47. The molecule has 0 fully saturated rings. The van der Waals surface area contributed by atoms with Crippen molar-refractivity contribution in [2.24, 2.45) is 5.92 Å². The third-order valence-electron chi connectivity index (χ3n) is 2.25. The highest BCUT2D eigenvalue weighted by atomic mass is 16.5. The first-order valence-electron chi connectivity index (χ1n) is 5.34. The molecule has 1 atom stereocenters. The van der Waals surface area contributed by atoms with E-state index in [1.165, 1.54) is 6.26 Å². The molecule has 0 radical (unpaired) electrons. The monoisotopic (exact) mass is 208 g/mol. The molecule has 0 aromatic carbocycles. The van der Waals surface area contributed by atoms with E-state index in [1.807, 2.05) is 13.8 Å². The van der Waals surface area contributed by atoms with Gasteiger partial charge in [-0.05, 0) is 20.3 Å². The molecule has 0 saturated carbocycles. The molecule has 2 nitrogen and oxygen atoms in total. The molecule has 1 aliphatic rings. The molecule has 84 valence electrons. The smallest absolute Gasteiger partial charge is 0.126 e. The summed E-state index contributed by atoms with van der Waals surface area (Å²) in [5, 5.41) is 0. The Kier molecular flexibility index (Phi) is 4.63. The lowest BCUT2D eigenvalue weighted by atomic mass is 10.0. The van der Waals surface area contributed by atoms with Crippen LogP contribution in [0.15, 0.2) is 37.1 Å². The largest absolute Gasteiger partial charge is 0.494 e. The fourth-order valence-electron chi connectivity index (χ4n) is 1.47. The summed E-state index contributed by atoms with van der Waals surface area (Å²) in [5.74, 6) is 0.509. The third-order valence-corrected chi connectivity index (χ3v) is 2.25. The summed E-state index contributed by atoms with van der Waals surface area (Å²) >= 11 is 0. The molecular formula is C13H20O2. The van der Waals surface area contributed by atoms with Gasteiger partial charge in [0.2, 0.25) is 0 Å². The molecule has 0 aromatic rings. The number of rotatable bonds is 6. The van der Waals surface area contributed by atoms with Crippen molar-refractivity contribution in [3.05, 3.63) is 37.1 Å². The maximum Gasteiger partial charge on any atom is 0.126 e. The Hall–Kier alpha value is -1.02. The number of allylic oxidation sites excluding steroid dienone is 3. The van der Waals surface area contributed by atoms with Crippen molar-refractivity contribution in [1.29, 1.82) is 0 Å². The fraction of sp³-hybridized carbons (Fsp3) is 0.538. The van der Waals surface area contributed by atoms with E-state index >= 15 is 0 Å². The lowest BCUT2D eigenvalue weighted by Gasteiger charge is -2.24. The maximum absolute atomic E-state index is 5.63. The van der Waals surface area contributed by atoms with Crippen LogP contribution in [0.2, 0.25) is 0 Å². The normalized spacial score (nSPS) is 20.3. The highest BCUT2D eigenvalue weighted by Crippen LogP contribution is 2.14. The quantitative estimate of drug-likeness (QED) is 0.624. The lowest BCUT2D eigenvalue weighted by Crippen LogP contribution is -2.29. The van der Waals surface area contributed by atoms with Crippen LogP contribution in [0.3, 0.4) is 0 Å². The predicted molar refractivity (Wildman–Crippen MR) is 62.6 cm³/mol. The predicted octanol–water partition coefficient (Wildman–Crippen LogP) is 3.07. The van der Waals surface area contributed by atoms with Gasteiger partial charge >= 0.3 is 0 Å². The minimum atomic E-state index is -0.282. The Morgan fingerprint density at radius 2 is 2.27 bits per heavy atom. The SMILES string of the molecule is C=COC(C)(C)COCC1C=CC=CC1. The number of hydrogen-bond donors (Lipinski definition) is 0. The Morgan fingerprint density at radius 3 is 2.87 bits per heavy atom. The molecule has 15 heavy (non-hydrogen) atoms. The van der Waals surface area contributed by atoms with E-state index in [2.05, 4.69) is 30.9 Å². The van der Waals surface area contributed by atoms with E-state index in [4.69, 9.17) is 9.47 Å². The van der Waals surface area contributed by atoms with Crippen LogP contribution < -0.4 is 0 Å². The average Bonchev–Trinajstić information content (AvgIpc) is 2.19. The molecule has 0 spiro atoms. The van der Waals surface area contributed by atoms with Gasteiger partial charge in [-0.15, -0.1) is 0 Å². The van der Waals surface area contributed by atoms with Crippen molar-refractivity contribution in [3.63, 3.8) is 0 Å². The summed E-state index contributed by atoms with van der Waals surface area (Å²) in [7, 11) is 0. The van der Waals surface area contributed by atoms with Crippen molar-refractivity contribution in [3.8, 4) is 0 Å². The van der Waals surface area contributed by atoms with Crippen molar-refractivity contribution in [1.82, 2.24) is 0 Å². The van der Waals surface area contributed by atoms with E-state index in [9.17, 15) is 0 Å². The molecule has 0 N–H and O–H groups in total. The van der Waals surface area contributed by atoms with Crippen LogP contribution in [0.1, 0.15) is 20.3 Å². The Balaban J connectivity index is 2.18. The van der Waals surface area contributed by atoms with Gasteiger partial charge in [0.05, 0.1) is 19.5 Å². The Bertz CT molecular complexity index is 251. The van der Waals surface area contributed by atoms with E-state index in [0.717, 1.165) is 13.0 Å². The van der Waals surface area contributed by atoms with Crippen molar-refractivity contribution >= 4 is 0 Å². The summed E-state index contributed by atoms with van der Waals surface area (Å²) in [5.41, 5.74) is -0.282. The minimum Gasteiger partial charge on any atom is -0.494 e. The summed E-state index contributed by atoms with van der Waals surface area (Å²) < 4.78 is 11.0. The second-order valence-corrected chi connectivity index (χ2v) is 4.37. The van der Waals surface area contributed by atoms with E-state index in [1.54, 1.807) is 0 Å². The van der Waals surface area contributed by atoms with Crippen molar-refractivity contribution in [2.45, 2.75) is 25.9 Å². The third kappa shape index (κ3) is 4.84.